The molecular formula is C26H33Cl2N3O. The summed E-state index contributed by atoms with van der Waals surface area (Å²) in [6, 6.07) is 13.2. The third-order valence-electron chi connectivity index (χ3n) is 5.77. The van der Waals surface area contributed by atoms with E-state index in [2.05, 4.69) is 17.3 Å². The molecule has 172 valence electrons. The number of hydrogen-bond donors (Lipinski definition) is 1. The quantitative estimate of drug-likeness (QED) is 0.259. The molecule has 6 heteroatoms. The molecule has 0 radical (unpaired) electrons. The van der Waals surface area contributed by atoms with Gasteiger partial charge in [0.05, 0.1) is 12.1 Å². The Morgan fingerprint density at radius 2 is 1.62 bits per heavy atom. The molecule has 3 aromatic rings. The fourth-order valence-electron chi connectivity index (χ4n) is 3.95. The lowest BCUT2D eigenvalue weighted by Crippen LogP contribution is -2.25. The van der Waals surface area contributed by atoms with Gasteiger partial charge in [0, 0.05) is 22.0 Å². The molecule has 0 fully saturated rings. The molecule has 0 unspecified atom stereocenters. The number of nitrogens with zero attached hydrogens (tertiary/aromatic N) is 2. The maximum Gasteiger partial charge on any atom is 0.272 e. The highest BCUT2D eigenvalue weighted by Crippen LogP contribution is 2.24. The van der Waals surface area contributed by atoms with Crippen LogP contribution >= 0.6 is 23.2 Å². The monoisotopic (exact) mass is 473 g/mol. The van der Waals surface area contributed by atoms with Gasteiger partial charge in [-0.2, -0.15) is 5.10 Å². The van der Waals surface area contributed by atoms with E-state index in [1.165, 1.54) is 44.9 Å². The van der Waals surface area contributed by atoms with Crippen LogP contribution in [0.5, 0.6) is 0 Å². The molecule has 1 aromatic heterocycles. The maximum absolute atomic E-state index is 12.8. The maximum atomic E-state index is 12.8. The van der Waals surface area contributed by atoms with Crippen LogP contribution in [-0.2, 0) is 6.54 Å². The van der Waals surface area contributed by atoms with E-state index in [0.717, 1.165) is 29.3 Å². The predicted octanol–water partition coefficient (Wildman–Crippen LogP) is 7.65. The number of carbonyl (C=O) groups excluding carboxylic acids is 1. The van der Waals surface area contributed by atoms with Crippen molar-refractivity contribution in [3.8, 4) is 0 Å². The second-order valence-electron chi connectivity index (χ2n) is 8.34. The van der Waals surface area contributed by atoms with E-state index < -0.39 is 0 Å². The highest BCUT2D eigenvalue weighted by atomic mass is 35.5. The van der Waals surface area contributed by atoms with Crippen molar-refractivity contribution in [2.45, 2.75) is 71.3 Å². The van der Waals surface area contributed by atoms with Crippen LogP contribution in [0.4, 0.5) is 0 Å². The predicted molar refractivity (Wildman–Crippen MR) is 135 cm³/mol. The first-order valence-electron chi connectivity index (χ1n) is 11.8. The van der Waals surface area contributed by atoms with E-state index in [1.807, 2.05) is 41.1 Å². The van der Waals surface area contributed by atoms with Gasteiger partial charge in [-0.05, 0) is 30.2 Å². The summed E-state index contributed by atoms with van der Waals surface area (Å²) in [7, 11) is 0. The number of benzene rings is 2. The molecule has 1 heterocycles. The summed E-state index contributed by atoms with van der Waals surface area (Å²) in [5.74, 6) is -0.123. The van der Waals surface area contributed by atoms with Gasteiger partial charge in [-0.25, -0.2) is 0 Å². The van der Waals surface area contributed by atoms with E-state index in [1.54, 1.807) is 6.07 Å². The molecule has 2 aromatic carbocycles. The van der Waals surface area contributed by atoms with Crippen molar-refractivity contribution >= 4 is 40.0 Å². The lowest BCUT2D eigenvalue weighted by Gasteiger charge is -2.06. The van der Waals surface area contributed by atoms with Crippen LogP contribution in [0, 0.1) is 0 Å². The second-order valence-corrected chi connectivity index (χ2v) is 9.19. The number of amides is 1. The van der Waals surface area contributed by atoms with Crippen LogP contribution in [-0.4, -0.2) is 22.2 Å². The van der Waals surface area contributed by atoms with Gasteiger partial charge in [0.15, 0.2) is 5.69 Å². The number of fused-ring (bicyclic) bond motifs is 1. The van der Waals surface area contributed by atoms with Crippen molar-refractivity contribution in [1.29, 1.82) is 0 Å². The molecule has 0 spiro atoms. The minimum Gasteiger partial charge on any atom is -0.351 e. The summed E-state index contributed by atoms with van der Waals surface area (Å²) < 4.78 is 1.83. The van der Waals surface area contributed by atoms with Crippen LogP contribution < -0.4 is 5.32 Å². The van der Waals surface area contributed by atoms with Gasteiger partial charge in [0.1, 0.15) is 0 Å². The molecule has 0 atom stereocenters. The number of nitrogens with one attached hydrogen (secondary N) is 1. The number of para-hydroxylation sites is 1. The highest BCUT2D eigenvalue weighted by molar-refractivity contribution is 6.35. The molecule has 4 nitrogen and oxygen atoms in total. The van der Waals surface area contributed by atoms with Gasteiger partial charge < -0.3 is 5.32 Å². The van der Waals surface area contributed by atoms with Crippen molar-refractivity contribution in [1.82, 2.24) is 15.1 Å². The lowest BCUT2D eigenvalue weighted by molar-refractivity contribution is 0.0948. The van der Waals surface area contributed by atoms with Crippen molar-refractivity contribution in [3.63, 3.8) is 0 Å². The Morgan fingerprint density at radius 3 is 2.34 bits per heavy atom. The summed E-state index contributed by atoms with van der Waals surface area (Å²) in [6.07, 6.45) is 11.4. The van der Waals surface area contributed by atoms with Gasteiger partial charge in [-0.1, -0.05) is 106 Å². The van der Waals surface area contributed by atoms with Crippen molar-refractivity contribution in [3.05, 3.63) is 63.8 Å². The zero-order valence-electron chi connectivity index (χ0n) is 18.9. The van der Waals surface area contributed by atoms with Crippen LogP contribution in [0.15, 0.2) is 42.5 Å². The minimum atomic E-state index is -0.123. The first kappa shape index (κ1) is 24.6. The third kappa shape index (κ3) is 6.98. The number of hydrogen-bond acceptors (Lipinski definition) is 2. The molecular weight excluding hydrogens is 441 g/mol. The molecule has 0 bridgehead atoms. The number of carbonyl (C=O) groups is 1. The zero-order valence-corrected chi connectivity index (χ0v) is 20.4. The summed E-state index contributed by atoms with van der Waals surface area (Å²) >= 11 is 12.4. The lowest BCUT2D eigenvalue weighted by atomic mass is 10.1. The smallest absolute Gasteiger partial charge is 0.272 e. The molecule has 1 N–H and O–H groups in total. The number of rotatable bonds is 13. The topological polar surface area (TPSA) is 46.9 Å². The summed E-state index contributed by atoms with van der Waals surface area (Å²) in [6.45, 7) is 3.40. The van der Waals surface area contributed by atoms with Crippen LogP contribution in [0.3, 0.4) is 0 Å². The summed E-state index contributed by atoms with van der Waals surface area (Å²) in [5.41, 5.74) is 2.28. The van der Waals surface area contributed by atoms with Gasteiger partial charge in [0.2, 0.25) is 0 Å². The van der Waals surface area contributed by atoms with Crippen LogP contribution in [0.2, 0.25) is 10.0 Å². The standard InChI is InChI=1S/C26H33Cl2N3O/c1-2-3-4-5-6-7-8-9-12-17-29-26(32)25-22-13-10-11-14-24(22)31(30-25)19-20-15-16-21(27)18-23(20)28/h10-11,13-16,18H,2-9,12,17,19H2,1H3,(H,29,32). The molecule has 0 aliphatic carbocycles. The highest BCUT2D eigenvalue weighted by Gasteiger charge is 2.17. The average molecular weight is 474 g/mol. The molecule has 0 saturated carbocycles. The van der Waals surface area contributed by atoms with Gasteiger partial charge in [-0.3, -0.25) is 9.48 Å². The first-order chi connectivity index (χ1) is 15.6. The van der Waals surface area contributed by atoms with E-state index >= 15 is 0 Å². The zero-order chi connectivity index (χ0) is 22.8. The number of unbranched alkanes of at least 4 members (excludes halogenated alkanes) is 8. The van der Waals surface area contributed by atoms with E-state index in [9.17, 15) is 4.79 Å². The van der Waals surface area contributed by atoms with E-state index in [0.29, 0.717) is 28.8 Å². The number of aromatic nitrogens is 2. The van der Waals surface area contributed by atoms with E-state index in [-0.39, 0.29) is 5.91 Å². The molecule has 0 aliphatic rings. The van der Waals surface area contributed by atoms with Crippen molar-refractivity contribution in [2.24, 2.45) is 0 Å². The Labute approximate surface area is 201 Å². The second kappa shape index (κ2) is 12.9. The average Bonchev–Trinajstić information content (AvgIpc) is 3.15. The number of halogens is 2. The first-order valence-corrected chi connectivity index (χ1v) is 12.5. The van der Waals surface area contributed by atoms with Crippen LogP contribution in [0.1, 0.15) is 80.8 Å². The summed E-state index contributed by atoms with van der Waals surface area (Å²) in [5, 5.41) is 9.71. The van der Waals surface area contributed by atoms with E-state index in [4.69, 9.17) is 23.2 Å². The van der Waals surface area contributed by atoms with Crippen molar-refractivity contribution < 1.29 is 4.79 Å². The Hall–Kier alpha value is -2.04. The summed E-state index contributed by atoms with van der Waals surface area (Å²) in [4.78, 5) is 12.8. The fourth-order valence-corrected chi connectivity index (χ4v) is 4.42. The minimum absolute atomic E-state index is 0.123. The molecule has 0 aliphatic heterocycles. The van der Waals surface area contributed by atoms with Gasteiger partial charge in [-0.15, -0.1) is 0 Å². The van der Waals surface area contributed by atoms with Gasteiger partial charge in [0.25, 0.3) is 5.91 Å². The van der Waals surface area contributed by atoms with Crippen LogP contribution in [0.25, 0.3) is 10.9 Å². The molecule has 32 heavy (non-hydrogen) atoms. The Morgan fingerprint density at radius 1 is 0.938 bits per heavy atom. The molecule has 0 saturated heterocycles. The van der Waals surface area contributed by atoms with Crippen molar-refractivity contribution in [2.75, 3.05) is 6.54 Å². The Bertz CT molecular complexity index is 1020. The fraction of sp³-hybridized carbons (Fsp3) is 0.462. The third-order valence-corrected chi connectivity index (χ3v) is 6.36. The largest absolute Gasteiger partial charge is 0.351 e. The SMILES string of the molecule is CCCCCCCCCCCNC(=O)c1nn(Cc2ccc(Cl)cc2Cl)c2ccccc12. The Balaban J connectivity index is 1.54. The molecule has 1 amide bonds. The Kier molecular flexibility index (Phi) is 9.89. The molecule has 3 rings (SSSR count). The van der Waals surface area contributed by atoms with Gasteiger partial charge >= 0.3 is 0 Å². The normalized spacial score (nSPS) is 11.2.